The van der Waals surface area contributed by atoms with Gasteiger partial charge in [-0.15, -0.1) is 0 Å². The molecule has 0 aliphatic rings. The molecule has 0 spiro atoms. The van der Waals surface area contributed by atoms with Crippen molar-refractivity contribution in [3.63, 3.8) is 0 Å². The maximum absolute atomic E-state index is 12.1. The number of nitrogens with one attached hydrogen (secondary N) is 2. The lowest BCUT2D eigenvalue weighted by molar-refractivity contribution is -0.385. The molecular formula is C11H16N4O5S. The Morgan fingerprint density at radius 2 is 2.14 bits per heavy atom. The van der Waals surface area contributed by atoms with E-state index in [-0.39, 0.29) is 11.3 Å². The van der Waals surface area contributed by atoms with Crippen molar-refractivity contribution in [2.45, 2.75) is 13.0 Å². The highest BCUT2D eigenvalue weighted by Gasteiger charge is 2.23. The van der Waals surface area contributed by atoms with Crippen LogP contribution in [0.1, 0.15) is 17.3 Å². The summed E-state index contributed by atoms with van der Waals surface area (Å²) in [5.41, 5.74) is -0.627. The van der Waals surface area contributed by atoms with Gasteiger partial charge in [-0.1, -0.05) is 0 Å². The second-order valence-electron chi connectivity index (χ2n) is 4.56. The highest BCUT2D eigenvalue weighted by molar-refractivity contribution is 7.90. The summed E-state index contributed by atoms with van der Waals surface area (Å²) < 4.78 is 22.3. The van der Waals surface area contributed by atoms with Crippen LogP contribution in [-0.2, 0) is 9.84 Å². The first kappa shape index (κ1) is 16.8. The van der Waals surface area contributed by atoms with Crippen LogP contribution in [-0.4, -0.2) is 49.3 Å². The maximum atomic E-state index is 12.1. The van der Waals surface area contributed by atoms with Crippen LogP contribution in [0.3, 0.4) is 0 Å². The second-order valence-corrected chi connectivity index (χ2v) is 6.75. The van der Waals surface area contributed by atoms with Crippen molar-refractivity contribution in [3.8, 4) is 0 Å². The Balaban J connectivity index is 3.03. The van der Waals surface area contributed by atoms with Crippen molar-refractivity contribution >= 4 is 27.2 Å². The van der Waals surface area contributed by atoms with Gasteiger partial charge in [-0.3, -0.25) is 14.9 Å². The second kappa shape index (κ2) is 6.48. The normalized spacial score (nSPS) is 12.5. The minimum atomic E-state index is -3.26. The molecule has 0 aliphatic carbocycles. The van der Waals surface area contributed by atoms with Gasteiger partial charge in [0.1, 0.15) is 27.4 Å². The standard InChI is InChI=1S/C11H16N4O5S/c1-7(6-21(3,19)20)14-11(16)8-4-10(12-2)13-5-9(8)15(17)18/h4-5,7H,6H2,1-3H3,(H,12,13)(H,14,16). The predicted molar refractivity (Wildman–Crippen MR) is 77.1 cm³/mol. The molecule has 1 aromatic heterocycles. The summed E-state index contributed by atoms with van der Waals surface area (Å²) in [6.45, 7) is 1.50. The Morgan fingerprint density at radius 1 is 1.52 bits per heavy atom. The smallest absolute Gasteiger partial charge is 0.300 e. The summed E-state index contributed by atoms with van der Waals surface area (Å²) in [7, 11) is -1.71. The number of nitrogens with zero attached hydrogens (tertiary/aromatic N) is 2. The Kier molecular flexibility index (Phi) is 5.19. The van der Waals surface area contributed by atoms with Gasteiger partial charge < -0.3 is 10.6 Å². The van der Waals surface area contributed by atoms with Crippen LogP contribution in [0.5, 0.6) is 0 Å². The molecule has 1 atom stereocenters. The summed E-state index contributed by atoms with van der Waals surface area (Å²) >= 11 is 0. The van der Waals surface area contributed by atoms with Gasteiger partial charge in [0, 0.05) is 25.4 Å². The number of aromatic nitrogens is 1. The number of pyridine rings is 1. The number of nitro groups is 1. The highest BCUT2D eigenvalue weighted by Crippen LogP contribution is 2.20. The van der Waals surface area contributed by atoms with Gasteiger partial charge in [-0.2, -0.15) is 0 Å². The first-order chi connectivity index (χ1) is 9.64. The zero-order valence-electron chi connectivity index (χ0n) is 11.8. The van der Waals surface area contributed by atoms with Gasteiger partial charge >= 0.3 is 0 Å². The van der Waals surface area contributed by atoms with E-state index < -0.39 is 32.4 Å². The van der Waals surface area contributed by atoms with Crippen LogP contribution in [0.15, 0.2) is 12.3 Å². The molecule has 0 bridgehead atoms. The minimum Gasteiger partial charge on any atom is -0.373 e. The van der Waals surface area contributed by atoms with E-state index in [0.29, 0.717) is 5.82 Å². The van der Waals surface area contributed by atoms with E-state index in [4.69, 9.17) is 0 Å². The molecule has 0 aromatic carbocycles. The van der Waals surface area contributed by atoms with Crippen LogP contribution in [0, 0.1) is 10.1 Å². The van der Waals surface area contributed by atoms with E-state index >= 15 is 0 Å². The SMILES string of the molecule is CNc1cc(C(=O)NC(C)CS(C)(=O)=O)c([N+](=O)[O-])cn1. The molecule has 0 fully saturated rings. The molecule has 21 heavy (non-hydrogen) atoms. The zero-order valence-corrected chi connectivity index (χ0v) is 12.6. The number of carbonyl (C=O) groups is 1. The molecule has 1 aromatic rings. The van der Waals surface area contributed by atoms with Gasteiger partial charge in [0.2, 0.25) is 0 Å². The van der Waals surface area contributed by atoms with Gasteiger partial charge in [0.25, 0.3) is 11.6 Å². The van der Waals surface area contributed by atoms with Crippen molar-refractivity contribution < 1.29 is 18.1 Å². The van der Waals surface area contributed by atoms with Gasteiger partial charge in [-0.25, -0.2) is 13.4 Å². The molecule has 116 valence electrons. The Labute approximate surface area is 121 Å². The third kappa shape index (κ3) is 4.99. The molecule has 1 heterocycles. The highest BCUT2D eigenvalue weighted by atomic mass is 32.2. The van der Waals surface area contributed by atoms with Crippen LogP contribution < -0.4 is 10.6 Å². The Morgan fingerprint density at radius 3 is 2.62 bits per heavy atom. The van der Waals surface area contributed by atoms with Crippen LogP contribution >= 0.6 is 0 Å². The lowest BCUT2D eigenvalue weighted by atomic mass is 10.2. The summed E-state index contributed by atoms with van der Waals surface area (Å²) in [6.07, 6.45) is 2.02. The largest absolute Gasteiger partial charge is 0.373 e. The molecule has 1 unspecified atom stereocenters. The number of amides is 1. The number of sulfone groups is 1. The molecular weight excluding hydrogens is 300 g/mol. The summed E-state index contributed by atoms with van der Waals surface area (Å²) in [5, 5.41) is 16.0. The fourth-order valence-electron chi connectivity index (χ4n) is 1.71. The Hall–Kier alpha value is -2.23. The molecule has 10 heteroatoms. The number of hydrogen-bond donors (Lipinski definition) is 2. The third-order valence-corrected chi connectivity index (χ3v) is 3.62. The lowest BCUT2D eigenvalue weighted by Crippen LogP contribution is -2.37. The summed E-state index contributed by atoms with van der Waals surface area (Å²) in [4.78, 5) is 26.0. The maximum Gasteiger partial charge on any atom is 0.300 e. The fraction of sp³-hybridized carbons (Fsp3) is 0.455. The van der Waals surface area contributed by atoms with Gasteiger partial charge in [-0.05, 0) is 6.92 Å². The van der Waals surface area contributed by atoms with Crippen LogP contribution in [0.25, 0.3) is 0 Å². The van der Waals surface area contributed by atoms with Crippen molar-refractivity contribution in [2.75, 3.05) is 24.4 Å². The van der Waals surface area contributed by atoms with E-state index in [1.807, 2.05) is 0 Å². The number of anilines is 1. The minimum absolute atomic E-state index is 0.181. The van der Waals surface area contributed by atoms with Crippen molar-refractivity contribution in [1.29, 1.82) is 0 Å². The summed E-state index contributed by atoms with van der Waals surface area (Å²) in [6, 6.07) is 0.569. The van der Waals surface area contributed by atoms with Gasteiger partial charge in [0.15, 0.2) is 0 Å². The molecule has 1 amide bonds. The lowest BCUT2D eigenvalue weighted by Gasteiger charge is -2.13. The molecule has 0 saturated carbocycles. The summed E-state index contributed by atoms with van der Waals surface area (Å²) in [5.74, 6) is -0.686. The molecule has 2 N–H and O–H groups in total. The van der Waals surface area contributed by atoms with Crippen LogP contribution in [0.4, 0.5) is 11.5 Å². The van der Waals surface area contributed by atoms with E-state index in [2.05, 4.69) is 15.6 Å². The molecule has 9 nitrogen and oxygen atoms in total. The first-order valence-corrected chi connectivity index (χ1v) is 8.01. The van der Waals surface area contributed by atoms with E-state index in [9.17, 15) is 23.3 Å². The van der Waals surface area contributed by atoms with E-state index in [1.54, 1.807) is 7.05 Å². The van der Waals surface area contributed by atoms with Gasteiger partial charge in [0.05, 0.1) is 10.7 Å². The quantitative estimate of drug-likeness (QED) is 0.565. The molecule has 0 saturated heterocycles. The third-order valence-electron chi connectivity index (χ3n) is 2.51. The first-order valence-electron chi connectivity index (χ1n) is 5.95. The monoisotopic (exact) mass is 316 g/mol. The number of hydrogen-bond acceptors (Lipinski definition) is 7. The van der Waals surface area contributed by atoms with E-state index in [0.717, 1.165) is 12.5 Å². The average molecular weight is 316 g/mol. The van der Waals surface area contributed by atoms with Crippen molar-refractivity contribution in [1.82, 2.24) is 10.3 Å². The van der Waals surface area contributed by atoms with Crippen molar-refractivity contribution in [3.05, 3.63) is 27.9 Å². The number of carbonyl (C=O) groups excluding carboxylic acids is 1. The van der Waals surface area contributed by atoms with Crippen molar-refractivity contribution in [2.24, 2.45) is 0 Å². The molecule has 0 radical (unpaired) electrons. The Bertz CT molecular complexity index is 659. The predicted octanol–water partition coefficient (Wildman–Crippen LogP) is 0.194. The molecule has 1 rings (SSSR count). The van der Waals surface area contributed by atoms with E-state index in [1.165, 1.54) is 13.0 Å². The molecule has 0 aliphatic heterocycles. The topological polar surface area (TPSA) is 131 Å². The van der Waals surface area contributed by atoms with Crippen LogP contribution in [0.2, 0.25) is 0 Å². The number of rotatable bonds is 6. The fourth-order valence-corrected chi connectivity index (χ4v) is 2.70. The average Bonchev–Trinajstić information content (AvgIpc) is 2.35. The zero-order chi connectivity index (χ0) is 16.2.